The van der Waals surface area contributed by atoms with Crippen molar-refractivity contribution in [2.45, 2.75) is 13.0 Å². The minimum Gasteiger partial charge on any atom is -0.359 e. The predicted octanol–water partition coefficient (Wildman–Crippen LogP) is 3.28. The van der Waals surface area contributed by atoms with Crippen molar-refractivity contribution in [1.29, 1.82) is 0 Å². The average molecular weight is 452 g/mol. The average Bonchev–Trinajstić information content (AvgIpc) is 2.79. The molecule has 0 saturated heterocycles. The molecule has 1 amide bonds. The lowest BCUT2D eigenvalue weighted by Gasteiger charge is -2.15. The molecule has 32 heavy (non-hydrogen) atoms. The number of likely N-dealkylation sites (N-methyl/N-ethyl adjacent to an activating group) is 1. The van der Waals surface area contributed by atoms with Gasteiger partial charge in [-0.15, -0.1) is 0 Å². The van der Waals surface area contributed by atoms with Crippen LogP contribution in [0.4, 0.5) is 4.39 Å². The van der Waals surface area contributed by atoms with Gasteiger partial charge in [-0.05, 0) is 47.5 Å². The summed E-state index contributed by atoms with van der Waals surface area (Å²) >= 11 is 6.19. The number of carbonyl (C=O) groups excluding carboxylic acids is 1. The van der Waals surface area contributed by atoms with Gasteiger partial charge >= 0.3 is 5.69 Å². The number of aromatic nitrogens is 2. The molecule has 0 aliphatic heterocycles. The molecule has 0 radical (unpaired) electrons. The van der Waals surface area contributed by atoms with Crippen LogP contribution >= 0.6 is 11.6 Å². The predicted molar refractivity (Wildman–Crippen MR) is 122 cm³/mol. The van der Waals surface area contributed by atoms with Crippen molar-refractivity contribution in [1.82, 2.24) is 14.5 Å². The Kier molecular flexibility index (Phi) is 5.92. The number of para-hydroxylation sites is 1. The number of fused-ring (bicyclic) bond motifs is 1. The standard InChI is InChI=1S/C24H19ClFN3O3/c1-27-22(30)12-15-6-10-18(11-7-15)29-23(31)19-4-2-3-5-21(19)28(24(29)32)14-16-8-9-17(26)13-20(16)25/h2-11,13H,12,14H2,1H3,(H,27,30). The van der Waals surface area contributed by atoms with Crippen LogP contribution in [0.2, 0.25) is 5.02 Å². The van der Waals surface area contributed by atoms with Gasteiger partial charge in [0.15, 0.2) is 0 Å². The molecule has 4 aromatic rings. The van der Waals surface area contributed by atoms with Gasteiger partial charge in [0.1, 0.15) is 5.82 Å². The third-order valence-corrected chi connectivity index (χ3v) is 5.58. The van der Waals surface area contributed by atoms with Crippen molar-refractivity contribution < 1.29 is 9.18 Å². The zero-order valence-corrected chi connectivity index (χ0v) is 17.9. The number of rotatable bonds is 5. The molecule has 1 aromatic heterocycles. The minimum absolute atomic E-state index is 0.0630. The molecule has 0 atom stereocenters. The fourth-order valence-corrected chi connectivity index (χ4v) is 3.79. The first-order valence-corrected chi connectivity index (χ1v) is 10.2. The second-order valence-electron chi connectivity index (χ2n) is 7.28. The molecule has 0 unspecified atom stereocenters. The van der Waals surface area contributed by atoms with Gasteiger partial charge in [0.05, 0.1) is 29.6 Å². The van der Waals surface area contributed by atoms with Gasteiger partial charge in [0, 0.05) is 12.1 Å². The first-order chi connectivity index (χ1) is 15.4. The Labute approximate surface area is 187 Å². The molecule has 162 valence electrons. The summed E-state index contributed by atoms with van der Waals surface area (Å²) in [7, 11) is 1.56. The SMILES string of the molecule is CNC(=O)Cc1ccc(-n2c(=O)c3ccccc3n(Cc3ccc(F)cc3Cl)c2=O)cc1. The fourth-order valence-electron chi connectivity index (χ4n) is 3.56. The lowest BCUT2D eigenvalue weighted by Crippen LogP contribution is -2.39. The van der Waals surface area contributed by atoms with Crippen LogP contribution < -0.4 is 16.6 Å². The highest BCUT2D eigenvalue weighted by atomic mass is 35.5. The summed E-state index contributed by atoms with van der Waals surface area (Å²) < 4.78 is 16.0. The van der Waals surface area contributed by atoms with Crippen molar-refractivity contribution in [3.8, 4) is 5.69 Å². The van der Waals surface area contributed by atoms with Crippen LogP contribution in [0.5, 0.6) is 0 Å². The van der Waals surface area contributed by atoms with Crippen LogP contribution in [0, 0.1) is 5.82 Å². The molecule has 3 aromatic carbocycles. The normalized spacial score (nSPS) is 11.0. The highest BCUT2D eigenvalue weighted by Gasteiger charge is 2.16. The molecular weight excluding hydrogens is 433 g/mol. The Balaban J connectivity index is 1.88. The van der Waals surface area contributed by atoms with Crippen LogP contribution in [0.1, 0.15) is 11.1 Å². The van der Waals surface area contributed by atoms with Gasteiger partial charge in [-0.25, -0.2) is 13.8 Å². The third-order valence-electron chi connectivity index (χ3n) is 5.23. The number of halogens is 2. The van der Waals surface area contributed by atoms with E-state index in [1.807, 2.05) is 0 Å². The van der Waals surface area contributed by atoms with Crippen molar-refractivity contribution >= 4 is 28.4 Å². The van der Waals surface area contributed by atoms with E-state index in [2.05, 4.69) is 5.32 Å². The van der Waals surface area contributed by atoms with E-state index < -0.39 is 17.1 Å². The Bertz CT molecular complexity index is 1440. The van der Waals surface area contributed by atoms with Gasteiger partial charge < -0.3 is 5.32 Å². The lowest BCUT2D eigenvalue weighted by molar-refractivity contribution is -0.119. The molecule has 0 aliphatic rings. The van der Waals surface area contributed by atoms with Gasteiger partial charge in [-0.2, -0.15) is 0 Å². The molecule has 4 rings (SSSR count). The van der Waals surface area contributed by atoms with E-state index in [1.165, 1.54) is 22.8 Å². The zero-order valence-electron chi connectivity index (χ0n) is 17.1. The first kappa shape index (κ1) is 21.5. The molecule has 1 heterocycles. The molecule has 6 nitrogen and oxygen atoms in total. The summed E-state index contributed by atoms with van der Waals surface area (Å²) in [6.45, 7) is 0.0630. The van der Waals surface area contributed by atoms with Gasteiger partial charge in [-0.3, -0.25) is 14.2 Å². The van der Waals surface area contributed by atoms with Gasteiger partial charge in [0.25, 0.3) is 5.56 Å². The summed E-state index contributed by atoms with van der Waals surface area (Å²) in [5.41, 5.74) is 1.13. The van der Waals surface area contributed by atoms with Crippen LogP contribution in [0.3, 0.4) is 0 Å². The summed E-state index contributed by atoms with van der Waals surface area (Å²) in [6.07, 6.45) is 0.191. The molecule has 8 heteroatoms. The van der Waals surface area contributed by atoms with E-state index >= 15 is 0 Å². The number of nitrogens with one attached hydrogen (secondary N) is 1. The minimum atomic E-state index is -0.548. The molecule has 0 bridgehead atoms. The molecule has 0 spiro atoms. The molecular formula is C24H19ClFN3O3. The maximum Gasteiger partial charge on any atom is 0.336 e. The van der Waals surface area contributed by atoms with Crippen molar-refractivity contribution in [3.05, 3.63) is 110 Å². The number of hydrogen-bond donors (Lipinski definition) is 1. The summed E-state index contributed by atoms with van der Waals surface area (Å²) in [5.74, 6) is -0.614. The molecule has 0 saturated carbocycles. The number of carbonyl (C=O) groups is 1. The number of hydrogen-bond acceptors (Lipinski definition) is 3. The number of nitrogens with zero attached hydrogens (tertiary/aromatic N) is 2. The maximum absolute atomic E-state index is 13.5. The highest BCUT2D eigenvalue weighted by molar-refractivity contribution is 6.31. The quantitative estimate of drug-likeness (QED) is 0.506. The van der Waals surface area contributed by atoms with E-state index in [1.54, 1.807) is 55.6 Å². The second-order valence-corrected chi connectivity index (χ2v) is 7.69. The largest absolute Gasteiger partial charge is 0.359 e. The Morgan fingerprint density at radius 1 is 1.03 bits per heavy atom. The van der Waals surface area contributed by atoms with Crippen LogP contribution in [0.25, 0.3) is 16.6 Å². The Hall–Kier alpha value is -3.71. The summed E-state index contributed by atoms with van der Waals surface area (Å²) in [5, 5.41) is 3.11. The van der Waals surface area contributed by atoms with E-state index in [4.69, 9.17) is 11.6 Å². The van der Waals surface area contributed by atoms with Gasteiger partial charge in [-0.1, -0.05) is 41.9 Å². The molecule has 0 fully saturated rings. The maximum atomic E-state index is 13.5. The summed E-state index contributed by atoms with van der Waals surface area (Å²) in [4.78, 5) is 38.2. The van der Waals surface area contributed by atoms with E-state index in [0.717, 1.165) is 10.1 Å². The van der Waals surface area contributed by atoms with E-state index in [9.17, 15) is 18.8 Å². The topological polar surface area (TPSA) is 73.1 Å². The highest BCUT2D eigenvalue weighted by Crippen LogP contribution is 2.20. The fraction of sp³-hybridized carbons (Fsp3) is 0.125. The van der Waals surface area contributed by atoms with E-state index in [-0.39, 0.29) is 23.9 Å². The second kappa shape index (κ2) is 8.80. The van der Waals surface area contributed by atoms with Crippen molar-refractivity contribution in [2.24, 2.45) is 0 Å². The number of amides is 1. The third kappa shape index (κ3) is 4.07. The zero-order chi connectivity index (χ0) is 22.8. The van der Waals surface area contributed by atoms with Crippen LogP contribution in [0.15, 0.2) is 76.3 Å². The van der Waals surface area contributed by atoms with Crippen molar-refractivity contribution in [2.75, 3.05) is 7.05 Å². The molecule has 0 aliphatic carbocycles. The Morgan fingerprint density at radius 2 is 1.75 bits per heavy atom. The van der Waals surface area contributed by atoms with Crippen LogP contribution in [-0.4, -0.2) is 22.1 Å². The first-order valence-electron chi connectivity index (χ1n) is 9.87. The molecule has 1 N–H and O–H groups in total. The summed E-state index contributed by atoms with van der Waals surface area (Å²) in [6, 6.07) is 17.4. The monoisotopic (exact) mass is 451 g/mol. The van der Waals surface area contributed by atoms with Crippen LogP contribution in [-0.2, 0) is 17.8 Å². The van der Waals surface area contributed by atoms with Gasteiger partial charge in [0.2, 0.25) is 5.91 Å². The number of benzene rings is 3. The van der Waals surface area contributed by atoms with Crippen molar-refractivity contribution in [3.63, 3.8) is 0 Å². The Morgan fingerprint density at radius 3 is 2.44 bits per heavy atom. The van der Waals surface area contributed by atoms with E-state index in [0.29, 0.717) is 22.2 Å². The smallest absolute Gasteiger partial charge is 0.336 e. The lowest BCUT2D eigenvalue weighted by atomic mass is 10.1.